The second-order valence-electron chi connectivity index (χ2n) is 7.55. The first-order valence-corrected chi connectivity index (χ1v) is 6.79. The lowest BCUT2D eigenvalue weighted by Gasteiger charge is -2.36. The van der Waals surface area contributed by atoms with Gasteiger partial charge in [0.2, 0.25) is 0 Å². The molecule has 0 fully saturated rings. The standard InChI is InChI=1S/C15H33N/c1-9-12(2)16-11-13(15(6,7)8)10-14(3,4)5/h12-13,16H,9-11H2,1-8H3. The topological polar surface area (TPSA) is 12.0 Å². The van der Waals surface area contributed by atoms with E-state index in [1.165, 1.54) is 12.8 Å². The number of nitrogens with one attached hydrogen (secondary N) is 1. The number of hydrogen-bond donors (Lipinski definition) is 1. The van der Waals surface area contributed by atoms with Crippen LogP contribution in [-0.2, 0) is 0 Å². The van der Waals surface area contributed by atoms with Crippen molar-refractivity contribution in [2.45, 2.75) is 74.3 Å². The molecule has 1 heteroatoms. The lowest BCUT2D eigenvalue weighted by atomic mass is 9.72. The van der Waals surface area contributed by atoms with E-state index in [0.717, 1.165) is 12.5 Å². The Morgan fingerprint density at radius 3 is 1.81 bits per heavy atom. The van der Waals surface area contributed by atoms with Gasteiger partial charge in [0.15, 0.2) is 0 Å². The van der Waals surface area contributed by atoms with Crippen molar-refractivity contribution < 1.29 is 0 Å². The fraction of sp³-hybridized carbons (Fsp3) is 1.00. The molecule has 0 aromatic carbocycles. The highest BCUT2D eigenvalue weighted by atomic mass is 14.9. The summed E-state index contributed by atoms with van der Waals surface area (Å²) in [6.07, 6.45) is 2.51. The first-order valence-electron chi connectivity index (χ1n) is 6.79. The summed E-state index contributed by atoms with van der Waals surface area (Å²) < 4.78 is 0. The van der Waals surface area contributed by atoms with Gasteiger partial charge in [0.25, 0.3) is 0 Å². The van der Waals surface area contributed by atoms with Crippen molar-refractivity contribution in [1.29, 1.82) is 0 Å². The molecular weight excluding hydrogens is 194 g/mol. The van der Waals surface area contributed by atoms with Crippen LogP contribution in [0.5, 0.6) is 0 Å². The van der Waals surface area contributed by atoms with E-state index in [9.17, 15) is 0 Å². The third kappa shape index (κ3) is 7.27. The monoisotopic (exact) mass is 227 g/mol. The van der Waals surface area contributed by atoms with Crippen molar-refractivity contribution in [3.05, 3.63) is 0 Å². The maximum atomic E-state index is 3.66. The van der Waals surface area contributed by atoms with Gasteiger partial charge in [-0.2, -0.15) is 0 Å². The Labute approximate surface area is 103 Å². The molecule has 2 unspecified atom stereocenters. The minimum atomic E-state index is 0.397. The molecule has 1 nitrogen and oxygen atoms in total. The fourth-order valence-corrected chi connectivity index (χ4v) is 1.91. The van der Waals surface area contributed by atoms with Crippen molar-refractivity contribution in [2.75, 3.05) is 6.54 Å². The molecule has 0 amide bonds. The highest BCUT2D eigenvalue weighted by Gasteiger charge is 2.28. The van der Waals surface area contributed by atoms with Gasteiger partial charge in [-0.1, -0.05) is 48.5 Å². The summed E-state index contributed by atoms with van der Waals surface area (Å²) in [6.45, 7) is 19.8. The first-order chi connectivity index (χ1) is 7.06. The minimum Gasteiger partial charge on any atom is -0.314 e. The summed E-state index contributed by atoms with van der Waals surface area (Å²) in [5.74, 6) is 0.751. The molecule has 0 rings (SSSR count). The highest BCUT2D eigenvalue weighted by molar-refractivity contribution is 4.81. The van der Waals surface area contributed by atoms with E-state index in [-0.39, 0.29) is 0 Å². The predicted molar refractivity (Wildman–Crippen MR) is 74.8 cm³/mol. The average Bonchev–Trinajstić information content (AvgIpc) is 2.08. The van der Waals surface area contributed by atoms with Crippen LogP contribution in [-0.4, -0.2) is 12.6 Å². The van der Waals surface area contributed by atoms with E-state index < -0.39 is 0 Å². The average molecular weight is 227 g/mol. The van der Waals surface area contributed by atoms with Crippen LogP contribution in [0.4, 0.5) is 0 Å². The normalized spacial score (nSPS) is 17.2. The number of rotatable bonds is 5. The van der Waals surface area contributed by atoms with Gasteiger partial charge in [0.05, 0.1) is 0 Å². The summed E-state index contributed by atoms with van der Waals surface area (Å²) in [5, 5.41) is 3.66. The van der Waals surface area contributed by atoms with E-state index in [1.54, 1.807) is 0 Å². The van der Waals surface area contributed by atoms with E-state index in [0.29, 0.717) is 16.9 Å². The summed E-state index contributed by atoms with van der Waals surface area (Å²) in [6, 6.07) is 0.643. The SMILES string of the molecule is CCC(C)NCC(CC(C)(C)C)C(C)(C)C. The Bertz CT molecular complexity index is 183. The van der Waals surface area contributed by atoms with Gasteiger partial charge in [-0.25, -0.2) is 0 Å². The molecule has 0 heterocycles. The van der Waals surface area contributed by atoms with Crippen LogP contribution >= 0.6 is 0 Å². The van der Waals surface area contributed by atoms with Gasteiger partial charge in [-0.3, -0.25) is 0 Å². The maximum absolute atomic E-state index is 3.66. The Morgan fingerprint density at radius 2 is 1.50 bits per heavy atom. The van der Waals surface area contributed by atoms with Crippen LogP contribution in [0.25, 0.3) is 0 Å². The summed E-state index contributed by atoms with van der Waals surface area (Å²) >= 11 is 0. The van der Waals surface area contributed by atoms with E-state index in [1.807, 2.05) is 0 Å². The van der Waals surface area contributed by atoms with Crippen LogP contribution in [0.3, 0.4) is 0 Å². The lowest BCUT2D eigenvalue weighted by Crippen LogP contribution is -2.38. The summed E-state index contributed by atoms with van der Waals surface area (Å²) in [7, 11) is 0. The smallest absolute Gasteiger partial charge is 0.00362 e. The second kappa shape index (κ2) is 6.05. The summed E-state index contributed by atoms with van der Waals surface area (Å²) in [5.41, 5.74) is 0.822. The van der Waals surface area contributed by atoms with Crippen LogP contribution < -0.4 is 5.32 Å². The van der Waals surface area contributed by atoms with Crippen LogP contribution in [0, 0.1) is 16.7 Å². The molecule has 0 saturated heterocycles. The molecular formula is C15H33N. The third-order valence-electron chi connectivity index (χ3n) is 3.41. The van der Waals surface area contributed by atoms with Crippen molar-refractivity contribution in [1.82, 2.24) is 5.32 Å². The van der Waals surface area contributed by atoms with Crippen molar-refractivity contribution in [3.8, 4) is 0 Å². The second-order valence-corrected chi connectivity index (χ2v) is 7.55. The molecule has 0 aliphatic carbocycles. The molecule has 2 atom stereocenters. The van der Waals surface area contributed by atoms with E-state index in [2.05, 4.69) is 60.7 Å². The Morgan fingerprint density at radius 1 is 1.00 bits per heavy atom. The zero-order valence-corrected chi connectivity index (χ0v) is 12.8. The molecule has 0 aromatic heterocycles. The highest BCUT2D eigenvalue weighted by Crippen LogP contribution is 2.35. The molecule has 1 N–H and O–H groups in total. The Kier molecular flexibility index (Phi) is 6.03. The van der Waals surface area contributed by atoms with Crippen LogP contribution in [0.2, 0.25) is 0 Å². The maximum Gasteiger partial charge on any atom is 0.00362 e. The quantitative estimate of drug-likeness (QED) is 0.730. The Balaban J connectivity index is 4.35. The molecule has 0 aromatic rings. The zero-order chi connectivity index (χ0) is 13.0. The molecule has 0 spiro atoms. The third-order valence-corrected chi connectivity index (χ3v) is 3.41. The molecule has 16 heavy (non-hydrogen) atoms. The zero-order valence-electron chi connectivity index (χ0n) is 12.8. The van der Waals surface area contributed by atoms with Gasteiger partial charge in [0, 0.05) is 6.04 Å². The molecule has 0 aliphatic heterocycles. The number of hydrogen-bond acceptors (Lipinski definition) is 1. The first kappa shape index (κ1) is 16.0. The molecule has 0 aliphatic rings. The lowest BCUT2D eigenvalue weighted by molar-refractivity contribution is 0.158. The van der Waals surface area contributed by atoms with E-state index in [4.69, 9.17) is 0 Å². The van der Waals surface area contributed by atoms with Gasteiger partial charge >= 0.3 is 0 Å². The van der Waals surface area contributed by atoms with Gasteiger partial charge in [0.1, 0.15) is 0 Å². The van der Waals surface area contributed by atoms with Crippen molar-refractivity contribution >= 4 is 0 Å². The molecule has 98 valence electrons. The fourth-order valence-electron chi connectivity index (χ4n) is 1.91. The van der Waals surface area contributed by atoms with Crippen LogP contribution in [0.15, 0.2) is 0 Å². The minimum absolute atomic E-state index is 0.397. The van der Waals surface area contributed by atoms with Gasteiger partial charge in [-0.15, -0.1) is 0 Å². The van der Waals surface area contributed by atoms with Crippen molar-refractivity contribution in [3.63, 3.8) is 0 Å². The summed E-state index contributed by atoms with van der Waals surface area (Å²) in [4.78, 5) is 0. The molecule has 0 radical (unpaired) electrons. The van der Waals surface area contributed by atoms with E-state index >= 15 is 0 Å². The Hall–Kier alpha value is -0.0400. The van der Waals surface area contributed by atoms with Crippen LogP contribution in [0.1, 0.15) is 68.2 Å². The largest absolute Gasteiger partial charge is 0.314 e. The van der Waals surface area contributed by atoms with Gasteiger partial charge in [-0.05, 0) is 43.1 Å². The predicted octanol–water partition coefficient (Wildman–Crippen LogP) is 4.47. The van der Waals surface area contributed by atoms with Crippen molar-refractivity contribution in [2.24, 2.45) is 16.7 Å². The molecule has 0 saturated carbocycles. The van der Waals surface area contributed by atoms with Gasteiger partial charge < -0.3 is 5.32 Å². The molecule has 0 bridgehead atoms.